The Morgan fingerprint density at radius 3 is 2.71 bits per heavy atom. The van der Waals surface area contributed by atoms with E-state index in [9.17, 15) is 0 Å². The molecule has 0 aliphatic rings. The average molecular weight is 207 g/mol. The molecule has 0 fully saturated rings. The number of rotatable bonds is 5. The van der Waals surface area contributed by atoms with Crippen molar-refractivity contribution >= 4 is 11.8 Å². The lowest BCUT2D eigenvalue weighted by molar-refractivity contribution is 0.932. The summed E-state index contributed by atoms with van der Waals surface area (Å²) in [5, 5.41) is 3.48. The fourth-order valence-corrected chi connectivity index (χ4v) is 1.84. The predicted molar refractivity (Wildman–Crippen MR) is 60.5 cm³/mol. The maximum Gasteiger partial charge on any atom is 0.0265 e. The minimum absolute atomic E-state index is 0.593. The third kappa shape index (κ3) is 4.21. The average Bonchev–Trinajstić information content (AvgIpc) is 2.21. The van der Waals surface area contributed by atoms with Crippen LogP contribution in [0.15, 0.2) is 34.3 Å². The van der Waals surface area contributed by atoms with Crippen molar-refractivity contribution in [2.75, 3.05) is 12.3 Å². The zero-order valence-electron chi connectivity index (χ0n) is 8.18. The summed E-state index contributed by atoms with van der Waals surface area (Å²) in [4.78, 5) is 3.98. The maximum absolute atomic E-state index is 8.06. The Bertz CT molecular complexity index is 315. The van der Waals surface area contributed by atoms with E-state index in [-0.39, 0.29) is 0 Å². The molecule has 0 atom stereocenters. The highest BCUT2D eigenvalue weighted by atomic mass is 32.2. The fourth-order valence-electron chi connectivity index (χ4n) is 1.00. The zero-order valence-corrected chi connectivity index (χ0v) is 9.00. The van der Waals surface area contributed by atoms with Crippen LogP contribution in [0.1, 0.15) is 12.0 Å². The highest BCUT2D eigenvalue weighted by molar-refractivity contribution is 7.99. The molecule has 1 aromatic carbocycles. The molecular weight excluding hydrogens is 194 g/mol. The van der Waals surface area contributed by atoms with Crippen molar-refractivity contribution in [2.24, 2.45) is 5.11 Å². The Hall–Kier alpha value is -1.12. The number of hydrogen-bond donors (Lipinski definition) is 0. The molecule has 4 heteroatoms. The zero-order chi connectivity index (χ0) is 10.2. The molecule has 0 saturated heterocycles. The Labute approximate surface area is 88.1 Å². The molecule has 14 heavy (non-hydrogen) atoms. The summed E-state index contributed by atoms with van der Waals surface area (Å²) >= 11 is 1.80. The Balaban J connectivity index is 2.24. The molecule has 0 spiro atoms. The van der Waals surface area contributed by atoms with E-state index in [4.69, 9.17) is 5.53 Å². The third-order valence-corrected chi connectivity index (χ3v) is 2.85. The highest BCUT2D eigenvalue weighted by Gasteiger charge is 1.92. The van der Waals surface area contributed by atoms with Gasteiger partial charge in [0.2, 0.25) is 0 Å². The van der Waals surface area contributed by atoms with E-state index < -0.39 is 0 Å². The lowest BCUT2D eigenvalue weighted by Gasteiger charge is -2.00. The molecule has 1 rings (SSSR count). The second-order valence-electron chi connectivity index (χ2n) is 2.97. The molecule has 0 aliphatic carbocycles. The van der Waals surface area contributed by atoms with E-state index in [2.05, 4.69) is 41.2 Å². The number of hydrogen-bond acceptors (Lipinski definition) is 2. The maximum atomic E-state index is 8.06. The number of benzene rings is 1. The normalized spacial score (nSPS) is 9.50. The van der Waals surface area contributed by atoms with Gasteiger partial charge in [-0.2, -0.15) is 0 Å². The lowest BCUT2D eigenvalue weighted by atomic mass is 10.2. The summed E-state index contributed by atoms with van der Waals surface area (Å²) in [5.41, 5.74) is 9.35. The van der Waals surface area contributed by atoms with Crippen LogP contribution in [-0.2, 0) is 0 Å². The Morgan fingerprint density at radius 1 is 1.36 bits per heavy atom. The largest absolute Gasteiger partial charge is 0.126 e. The highest BCUT2D eigenvalue weighted by Crippen LogP contribution is 2.18. The number of thioether (sulfide) groups is 1. The van der Waals surface area contributed by atoms with Crippen LogP contribution in [0, 0.1) is 6.92 Å². The first-order valence-electron chi connectivity index (χ1n) is 4.53. The summed E-state index contributed by atoms with van der Waals surface area (Å²) in [5.74, 6) is 1.00. The lowest BCUT2D eigenvalue weighted by Crippen LogP contribution is -1.83. The quantitative estimate of drug-likeness (QED) is 0.238. The van der Waals surface area contributed by atoms with Crippen LogP contribution in [0.5, 0.6) is 0 Å². The van der Waals surface area contributed by atoms with Crippen LogP contribution in [0.25, 0.3) is 10.4 Å². The van der Waals surface area contributed by atoms with Gasteiger partial charge < -0.3 is 0 Å². The van der Waals surface area contributed by atoms with Crippen LogP contribution in [0.2, 0.25) is 0 Å². The van der Waals surface area contributed by atoms with E-state index in [0.717, 1.165) is 12.2 Å². The Morgan fingerprint density at radius 2 is 2.07 bits per heavy atom. The first kappa shape index (κ1) is 11.0. The van der Waals surface area contributed by atoms with Gasteiger partial charge >= 0.3 is 0 Å². The second-order valence-corrected chi connectivity index (χ2v) is 4.14. The molecule has 1 aromatic rings. The van der Waals surface area contributed by atoms with Gasteiger partial charge in [0.05, 0.1) is 0 Å². The molecule has 0 saturated carbocycles. The summed E-state index contributed by atoms with van der Waals surface area (Å²) in [6.45, 7) is 2.67. The van der Waals surface area contributed by atoms with Crippen molar-refractivity contribution in [1.29, 1.82) is 0 Å². The molecular formula is C10H13N3S. The van der Waals surface area contributed by atoms with Crippen molar-refractivity contribution < 1.29 is 0 Å². The molecule has 3 nitrogen and oxygen atoms in total. The standard InChI is InChI=1S/C10H13N3S/c1-9-3-5-10(6-4-9)14-8-2-7-12-13-11/h3-6H,2,7-8H2,1H3. The third-order valence-electron chi connectivity index (χ3n) is 1.76. The van der Waals surface area contributed by atoms with Crippen molar-refractivity contribution in [3.05, 3.63) is 40.3 Å². The van der Waals surface area contributed by atoms with Gasteiger partial charge in [0.25, 0.3) is 0 Å². The Kier molecular flexibility index (Phi) is 4.97. The monoisotopic (exact) mass is 207 g/mol. The van der Waals surface area contributed by atoms with E-state index >= 15 is 0 Å². The molecule has 0 bridgehead atoms. The minimum Gasteiger partial charge on any atom is -0.126 e. The minimum atomic E-state index is 0.593. The fraction of sp³-hybridized carbons (Fsp3) is 0.400. The van der Waals surface area contributed by atoms with Gasteiger partial charge in [-0.15, -0.1) is 11.8 Å². The number of nitrogens with zero attached hydrogens (tertiary/aromatic N) is 3. The molecule has 0 heterocycles. The number of aryl methyl sites for hydroxylation is 1. The van der Waals surface area contributed by atoms with Gasteiger partial charge in [0.15, 0.2) is 0 Å². The van der Waals surface area contributed by atoms with E-state index in [1.165, 1.54) is 10.5 Å². The van der Waals surface area contributed by atoms with Crippen LogP contribution in [0.3, 0.4) is 0 Å². The summed E-state index contributed by atoms with van der Waals surface area (Å²) in [7, 11) is 0. The molecule has 0 aliphatic heterocycles. The van der Waals surface area contributed by atoms with Crippen LogP contribution in [-0.4, -0.2) is 12.3 Å². The summed E-state index contributed by atoms with van der Waals surface area (Å²) in [6, 6.07) is 8.45. The molecule has 0 aromatic heterocycles. The molecule has 0 radical (unpaired) electrons. The SMILES string of the molecule is Cc1ccc(SCCCN=[N+]=[N-])cc1. The van der Waals surface area contributed by atoms with Crippen LogP contribution < -0.4 is 0 Å². The first-order valence-corrected chi connectivity index (χ1v) is 5.52. The van der Waals surface area contributed by atoms with Crippen molar-refractivity contribution in [1.82, 2.24) is 0 Å². The second kappa shape index (κ2) is 6.35. The smallest absolute Gasteiger partial charge is 0.0265 e. The molecule has 0 amide bonds. The van der Waals surface area contributed by atoms with E-state index in [1.807, 2.05) is 0 Å². The molecule has 0 unspecified atom stereocenters. The van der Waals surface area contributed by atoms with Crippen LogP contribution >= 0.6 is 11.8 Å². The van der Waals surface area contributed by atoms with E-state index in [0.29, 0.717) is 6.54 Å². The predicted octanol–water partition coefficient (Wildman–Crippen LogP) is 3.79. The van der Waals surface area contributed by atoms with Gasteiger partial charge in [-0.25, -0.2) is 0 Å². The van der Waals surface area contributed by atoms with E-state index in [1.54, 1.807) is 11.8 Å². The van der Waals surface area contributed by atoms with Gasteiger partial charge in [-0.05, 0) is 36.8 Å². The van der Waals surface area contributed by atoms with Gasteiger partial charge in [0, 0.05) is 16.4 Å². The number of azide groups is 1. The topological polar surface area (TPSA) is 48.8 Å². The molecule has 74 valence electrons. The summed E-state index contributed by atoms with van der Waals surface area (Å²) in [6.07, 6.45) is 0.933. The van der Waals surface area contributed by atoms with Crippen molar-refractivity contribution in [2.45, 2.75) is 18.2 Å². The molecule has 0 N–H and O–H groups in total. The summed E-state index contributed by atoms with van der Waals surface area (Å²) < 4.78 is 0. The van der Waals surface area contributed by atoms with Crippen molar-refractivity contribution in [3.63, 3.8) is 0 Å². The van der Waals surface area contributed by atoms with Crippen molar-refractivity contribution in [3.8, 4) is 0 Å². The first-order chi connectivity index (χ1) is 6.83. The van der Waals surface area contributed by atoms with Gasteiger partial charge in [0.1, 0.15) is 0 Å². The van der Waals surface area contributed by atoms with Crippen LogP contribution in [0.4, 0.5) is 0 Å². The van der Waals surface area contributed by atoms with Gasteiger partial charge in [-0.3, -0.25) is 0 Å². The van der Waals surface area contributed by atoms with Gasteiger partial charge in [-0.1, -0.05) is 22.8 Å².